The fraction of sp³-hybridized carbons (Fsp3) is 0.176. The molecule has 0 N–H and O–H groups in total. The van der Waals surface area contributed by atoms with E-state index in [1.54, 1.807) is 0 Å². The van der Waals surface area contributed by atoms with E-state index in [2.05, 4.69) is 16.8 Å². The van der Waals surface area contributed by atoms with Crippen molar-refractivity contribution < 1.29 is 9.53 Å². The number of rotatable bonds is 2. The van der Waals surface area contributed by atoms with Crippen molar-refractivity contribution in [1.29, 1.82) is 0 Å². The fourth-order valence-electron chi connectivity index (χ4n) is 1.67. The first kappa shape index (κ1) is 13.8. The van der Waals surface area contributed by atoms with E-state index in [0.29, 0.717) is 0 Å². The Balaban J connectivity index is 2.14. The largest absolute Gasteiger partial charge is 0.461 e. The first-order chi connectivity index (χ1) is 9.63. The van der Waals surface area contributed by atoms with E-state index in [9.17, 15) is 4.79 Å². The molecule has 1 heterocycles. The molecule has 0 unspecified atom stereocenters. The van der Waals surface area contributed by atoms with Gasteiger partial charge in [-0.15, -0.1) is 0 Å². The van der Waals surface area contributed by atoms with Crippen LogP contribution in [0.1, 0.15) is 29.4 Å². The van der Waals surface area contributed by atoms with Crippen molar-refractivity contribution in [3.05, 3.63) is 65.0 Å². The number of aromatic nitrogens is 1. The van der Waals surface area contributed by atoms with Crippen LogP contribution in [0.2, 0.25) is 0 Å². The minimum atomic E-state index is -0.287. The van der Waals surface area contributed by atoms with Crippen LogP contribution in [0.3, 0.4) is 0 Å². The number of benzene rings is 1. The molecule has 0 bridgehead atoms. The van der Waals surface area contributed by atoms with Gasteiger partial charge in [0.2, 0.25) is 0 Å². The number of esters is 1. The molecule has 20 heavy (non-hydrogen) atoms. The lowest BCUT2D eigenvalue weighted by Gasteiger charge is -2.02. The van der Waals surface area contributed by atoms with Gasteiger partial charge in [-0.3, -0.25) is 4.79 Å². The Kier molecular flexibility index (Phi) is 4.52. The second-order valence-electron chi connectivity index (χ2n) is 4.39. The molecule has 1 aromatic heterocycles. The van der Waals surface area contributed by atoms with Gasteiger partial charge in [0.15, 0.2) is 0 Å². The summed E-state index contributed by atoms with van der Waals surface area (Å²) in [5.41, 5.74) is 3.48. The topological polar surface area (TPSA) is 39.2 Å². The minimum absolute atomic E-state index is 0.271. The van der Waals surface area contributed by atoms with Crippen LogP contribution in [0, 0.1) is 18.8 Å². The summed E-state index contributed by atoms with van der Waals surface area (Å²) in [6, 6.07) is 13.4. The van der Waals surface area contributed by atoms with Crippen LogP contribution < -0.4 is 0 Å². The van der Waals surface area contributed by atoms with Crippen molar-refractivity contribution >= 4 is 5.97 Å². The van der Waals surface area contributed by atoms with Gasteiger partial charge >= 0.3 is 5.97 Å². The van der Waals surface area contributed by atoms with Crippen LogP contribution in [-0.4, -0.2) is 11.0 Å². The number of hydrogen-bond donors (Lipinski definition) is 0. The molecule has 0 saturated heterocycles. The SMILES string of the molecule is CC(=O)OCc1cccc(C#Cc2cccc(C)n2)c1. The molecule has 2 rings (SSSR count). The third kappa shape index (κ3) is 4.25. The van der Waals surface area contributed by atoms with Gasteiger partial charge in [0.25, 0.3) is 0 Å². The number of nitrogens with zero attached hydrogens (tertiary/aromatic N) is 1. The number of ether oxygens (including phenoxy) is 1. The van der Waals surface area contributed by atoms with Crippen LogP contribution in [0.4, 0.5) is 0 Å². The highest BCUT2D eigenvalue weighted by molar-refractivity contribution is 5.65. The molecule has 0 radical (unpaired) electrons. The maximum atomic E-state index is 10.8. The van der Waals surface area contributed by atoms with Crippen molar-refractivity contribution in [2.24, 2.45) is 0 Å². The van der Waals surface area contributed by atoms with E-state index < -0.39 is 0 Å². The maximum Gasteiger partial charge on any atom is 0.302 e. The quantitative estimate of drug-likeness (QED) is 0.619. The minimum Gasteiger partial charge on any atom is -0.461 e. The third-order valence-electron chi connectivity index (χ3n) is 2.59. The highest BCUT2D eigenvalue weighted by atomic mass is 16.5. The van der Waals surface area contributed by atoms with Gasteiger partial charge in [-0.05, 0) is 42.7 Å². The lowest BCUT2D eigenvalue weighted by atomic mass is 10.1. The first-order valence-electron chi connectivity index (χ1n) is 6.31. The summed E-state index contributed by atoms with van der Waals surface area (Å²) in [4.78, 5) is 15.1. The molecular formula is C17H15NO2. The van der Waals surface area contributed by atoms with Crippen LogP contribution in [-0.2, 0) is 16.1 Å². The van der Waals surface area contributed by atoms with Gasteiger partial charge in [0.05, 0.1) is 0 Å². The zero-order chi connectivity index (χ0) is 14.4. The molecule has 0 saturated carbocycles. The first-order valence-corrected chi connectivity index (χ1v) is 6.31. The molecule has 1 aromatic carbocycles. The number of hydrogen-bond acceptors (Lipinski definition) is 3. The Morgan fingerprint density at radius 3 is 2.75 bits per heavy atom. The Labute approximate surface area is 118 Å². The molecule has 2 aromatic rings. The molecule has 100 valence electrons. The highest BCUT2D eigenvalue weighted by Crippen LogP contribution is 2.06. The van der Waals surface area contributed by atoms with Crippen molar-refractivity contribution in [2.75, 3.05) is 0 Å². The molecule has 0 aliphatic rings. The second-order valence-corrected chi connectivity index (χ2v) is 4.39. The third-order valence-corrected chi connectivity index (χ3v) is 2.59. The zero-order valence-electron chi connectivity index (χ0n) is 11.5. The second kappa shape index (κ2) is 6.53. The normalized spacial score (nSPS) is 9.50. The summed E-state index contributed by atoms with van der Waals surface area (Å²) >= 11 is 0. The van der Waals surface area contributed by atoms with Crippen LogP contribution in [0.5, 0.6) is 0 Å². The van der Waals surface area contributed by atoms with E-state index in [-0.39, 0.29) is 12.6 Å². The van der Waals surface area contributed by atoms with Crippen LogP contribution in [0.25, 0.3) is 0 Å². The highest BCUT2D eigenvalue weighted by Gasteiger charge is 1.97. The molecule has 0 atom stereocenters. The van der Waals surface area contributed by atoms with Crippen molar-refractivity contribution in [2.45, 2.75) is 20.5 Å². The smallest absolute Gasteiger partial charge is 0.302 e. The lowest BCUT2D eigenvalue weighted by molar-refractivity contribution is -0.142. The molecule has 3 heteroatoms. The Morgan fingerprint density at radius 1 is 1.20 bits per heavy atom. The van der Waals surface area contributed by atoms with Crippen LogP contribution >= 0.6 is 0 Å². The molecule has 0 spiro atoms. The predicted molar refractivity (Wildman–Crippen MR) is 76.9 cm³/mol. The number of carbonyl (C=O) groups excluding carboxylic acids is 1. The lowest BCUT2D eigenvalue weighted by Crippen LogP contribution is -1.98. The predicted octanol–water partition coefficient (Wildman–Crippen LogP) is 2.85. The molecule has 0 aliphatic carbocycles. The summed E-state index contributed by atoms with van der Waals surface area (Å²) in [5.74, 6) is 5.80. The summed E-state index contributed by atoms with van der Waals surface area (Å²) in [6.45, 7) is 3.60. The van der Waals surface area contributed by atoms with E-state index in [1.165, 1.54) is 6.92 Å². The van der Waals surface area contributed by atoms with E-state index in [1.807, 2.05) is 49.4 Å². The summed E-state index contributed by atoms with van der Waals surface area (Å²) in [6.07, 6.45) is 0. The van der Waals surface area contributed by atoms with Gasteiger partial charge in [-0.1, -0.05) is 24.1 Å². The Bertz CT molecular complexity index is 681. The molecule has 0 aliphatic heterocycles. The monoisotopic (exact) mass is 265 g/mol. The van der Waals surface area contributed by atoms with Crippen molar-refractivity contribution in [3.8, 4) is 11.8 Å². The van der Waals surface area contributed by atoms with Gasteiger partial charge in [0, 0.05) is 18.2 Å². The zero-order valence-corrected chi connectivity index (χ0v) is 11.5. The maximum absolute atomic E-state index is 10.8. The summed E-state index contributed by atoms with van der Waals surface area (Å²) in [7, 11) is 0. The van der Waals surface area contributed by atoms with Gasteiger partial charge in [-0.25, -0.2) is 4.98 Å². The Morgan fingerprint density at radius 2 is 2.00 bits per heavy atom. The van der Waals surface area contributed by atoms with E-state index in [4.69, 9.17) is 4.74 Å². The van der Waals surface area contributed by atoms with Gasteiger partial charge in [-0.2, -0.15) is 0 Å². The molecule has 0 amide bonds. The standard InChI is InChI=1S/C17H15NO2/c1-13-5-3-8-17(18-13)10-9-15-6-4-7-16(11-15)12-20-14(2)19/h3-8,11H,12H2,1-2H3. The van der Waals surface area contributed by atoms with Gasteiger partial charge < -0.3 is 4.74 Å². The molecule has 0 fully saturated rings. The summed E-state index contributed by atoms with van der Waals surface area (Å²) < 4.78 is 4.96. The van der Waals surface area contributed by atoms with E-state index in [0.717, 1.165) is 22.5 Å². The Hall–Kier alpha value is -2.60. The van der Waals surface area contributed by atoms with Crippen molar-refractivity contribution in [1.82, 2.24) is 4.98 Å². The number of aryl methyl sites for hydroxylation is 1. The van der Waals surface area contributed by atoms with E-state index >= 15 is 0 Å². The number of pyridine rings is 1. The number of carbonyl (C=O) groups is 1. The van der Waals surface area contributed by atoms with Gasteiger partial charge in [0.1, 0.15) is 12.3 Å². The fourth-order valence-corrected chi connectivity index (χ4v) is 1.67. The van der Waals surface area contributed by atoms with Crippen molar-refractivity contribution in [3.63, 3.8) is 0 Å². The average Bonchev–Trinajstić information content (AvgIpc) is 2.43. The molecule has 3 nitrogen and oxygen atoms in total. The average molecular weight is 265 g/mol. The molecular weight excluding hydrogens is 250 g/mol. The van der Waals surface area contributed by atoms with Crippen LogP contribution in [0.15, 0.2) is 42.5 Å². The summed E-state index contributed by atoms with van der Waals surface area (Å²) in [5, 5.41) is 0.